The number of rotatable bonds is 3. The van der Waals surface area contributed by atoms with E-state index in [-0.39, 0.29) is 6.42 Å². The van der Waals surface area contributed by atoms with Crippen LogP contribution in [-0.2, 0) is 4.79 Å². The normalized spacial score (nSPS) is 10.5. The SMILES string of the molecule is Cc1cncc(C=CCC(=O)O)n1. The summed E-state index contributed by atoms with van der Waals surface area (Å²) >= 11 is 0. The number of aromatic nitrogens is 2. The van der Waals surface area contributed by atoms with E-state index in [0.29, 0.717) is 5.69 Å². The molecular formula is C9H10N2O2. The zero-order chi connectivity index (χ0) is 9.68. The van der Waals surface area contributed by atoms with Gasteiger partial charge >= 0.3 is 5.97 Å². The van der Waals surface area contributed by atoms with Crippen molar-refractivity contribution >= 4 is 12.0 Å². The highest BCUT2D eigenvalue weighted by Crippen LogP contribution is 1.98. The summed E-state index contributed by atoms with van der Waals surface area (Å²) < 4.78 is 0. The third-order valence-corrected chi connectivity index (χ3v) is 1.35. The van der Waals surface area contributed by atoms with Crippen molar-refractivity contribution in [1.29, 1.82) is 0 Å². The number of carboxylic acid groups (broad SMARTS) is 1. The minimum Gasteiger partial charge on any atom is -0.481 e. The summed E-state index contributed by atoms with van der Waals surface area (Å²) in [6, 6.07) is 0. The Morgan fingerprint density at radius 3 is 3.00 bits per heavy atom. The zero-order valence-electron chi connectivity index (χ0n) is 7.27. The fourth-order valence-corrected chi connectivity index (χ4v) is 0.844. The van der Waals surface area contributed by atoms with E-state index in [9.17, 15) is 4.79 Å². The lowest BCUT2D eigenvalue weighted by atomic mass is 10.3. The lowest BCUT2D eigenvalue weighted by Gasteiger charge is -1.92. The Morgan fingerprint density at radius 2 is 2.38 bits per heavy atom. The fourth-order valence-electron chi connectivity index (χ4n) is 0.844. The molecule has 0 aliphatic heterocycles. The molecule has 0 fully saturated rings. The van der Waals surface area contributed by atoms with Gasteiger partial charge < -0.3 is 5.11 Å². The van der Waals surface area contributed by atoms with E-state index in [0.717, 1.165) is 5.69 Å². The van der Waals surface area contributed by atoms with Gasteiger partial charge in [-0.15, -0.1) is 0 Å². The summed E-state index contributed by atoms with van der Waals surface area (Å²) in [5, 5.41) is 8.36. The second-order valence-corrected chi connectivity index (χ2v) is 2.59. The maximum Gasteiger partial charge on any atom is 0.307 e. The van der Waals surface area contributed by atoms with Crippen LogP contribution in [0.5, 0.6) is 0 Å². The monoisotopic (exact) mass is 178 g/mol. The highest BCUT2D eigenvalue weighted by molar-refractivity contribution is 5.70. The third kappa shape index (κ3) is 3.46. The van der Waals surface area contributed by atoms with Gasteiger partial charge in [0.15, 0.2) is 0 Å². The molecule has 1 aromatic rings. The molecule has 0 aliphatic rings. The first-order valence-electron chi connectivity index (χ1n) is 3.85. The van der Waals surface area contributed by atoms with Gasteiger partial charge in [-0.05, 0) is 13.0 Å². The maximum absolute atomic E-state index is 10.2. The lowest BCUT2D eigenvalue weighted by Crippen LogP contribution is -1.91. The standard InChI is InChI=1S/C9H10N2O2/c1-7-5-10-6-8(11-7)3-2-4-9(12)13/h2-3,5-6H,4H2,1H3,(H,12,13). The van der Waals surface area contributed by atoms with Crippen molar-refractivity contribution in [3.8, 4) is 0 Å². The highest BCUT2D eigenvalue weighted by Gasteiger charge is 1.92. The van der Waals surface area contributed by atoms with Crippen molar-refractivity contribution in [3.05, 3.63) is 29.9 Å². The summed E-state index contributed by atoms with van der Waals surface area (Å²) in [5.41, 5.74) is 1.50. The second kappa shape index (κ2) is 4.35. The van der Waals surface area contributed by atoms with Crippen LogP contribution in [0.2, 0.25) is 0 Å². The molecule has 0 unspecified atom stereocenters. The van der Waals surface area contributed by atoms with E-state index in [2.05, 4.69) is 9.97 Å². The molecule has 0 spiro atoms. The first-order valence-corrected chi connectivity index (χ1v) is 3.85. The van der Waals surface area contributed by atoms with Gasteiger partial charge in [0.25, 0.3) is 0 Å². The van der Waals surface area contributed by atoms with Gasteiger partial charge in [0.05, 0.1) is 24.0 Å². The Hall–Kier alpha value is -1.71. The predicted molar refractivity (Wildman–Crippen MR) is 48.1 cm³/mol. The molecule has 1 aromatic heterocycles. The van der Waals surface area contributed by atoms with Gasteiger partial charge in [0.2, 0.25) is 0 Å². The Labute approximate surface area is 76.0 Å². The van der Waals surface area contributed by atoms with Gasteiger partial charge in [-0.1, -0.05) is 6.08 Å². The molecule has 0 amide bonds. The van der Waals surface area contributed by atoms with Crippen LogP contribution < -0.4 is 0 Å². The minimum absolute atomic E-state index is 0.00955. The topological polar surface area (TPSA) is 63.1 Å². The first kappa shape index (κ1) is 9.38. The van der Waals surface area contributed by atoms with E-state index >= 15 is 0 Å². The predicted octanol–water partition coefficient (Wildman–Crippen LogP) is 1.27. The maximum atomic E-state index is 10.2. The molecule has 68 valence electrons. The quantitative estimate of drug-likeness (QED) is 0.757. The van der Waals surface area contributed by atoms with Gasteiger partial charge in [-0.25, -0.2) is 0 Å². The van der Waals surface area contributed by atoms with Crippen LogP contribution in [0.3, 0.4) is 0 Å². The number of carbonyl (C=O) groups is 1. The number of hydrogen-bond acceptors (Lipinski definition) is 3. The van der Waals surface area contributed by atoms with E-state index < -0.39 is 5.97 Å². The Balaban J connectivity index is 2.63. The zero-order valence-corrected chi connectivity index (χ0v) is 7.27. The summed E-state index contributed by atoms with van der Waals surface area (Å²) in [5.74, 6) is -0.850. The van der Waals surface area contributed by atoms with Crippen LogP contribution >= 0.6 is 0 Å². The summed E-state index contributed by atoms with van der Waals surface area (Å²) in [6.07, 6.45) is 6.44. The Bertz CT molecular complexity index is 334. The average Bonchev–Trinajstić information content (AvgIpc) is 2.03. The van der Waals surface area contributed by atoms with Crippen molar-refractivity contribution < 1.29 is 9.90 Å². The van der Waals surface area contributed by atoms with Crippen LogP contribution in [0.4, 0.5) is 0 Å². The number of aryl methyl sites for hydroxylation is 1. The van der Waals surface area contributed by atoms with Gasteiger partial charge in [0.1, 0.15) is 0 Å². The van der Waals surface area contributed by atoms with Gasteiger partial charge in [-0.2, -0.15) is 0 Å². The van der Waals surface area contributed by atoms with Gasteiger partial charge in [0, 0.05) is 6.20 Å². The molecule has 0 aliphatic carbocycles. The minimum atomic E-state index is -0.850. The van der Waals surface area contributed by atoms with E-state index in [1.165, 1.54) is 0 Å². The van der Waals surface area contributed by atoms with Crippen molar-refractivity contribution in [2.75, 3.05) is 0 Å². The summed E-state index contributed by atoms with van der Waals surface area (Å²) in [7, 11) is 0. The molecule has 0 saturated carbocycles. The molecule has 0 atom stereocenters. The van der Waals surface area contributed by atoms with Crippen LogP contribution in [0.15, 0.2) is 18.5 Å². The second-order valence-electron chi connectivity index (χ2n) is 2.59. The number of carboxylic acids is 1. The number of nitrogens with zero attached hydrogens (tertiary/aromatic N) is 2. The van der Waals surface area contributed by atoms with E-state index in [4.69, 9.17) is 5.11 Å². The van der Waals surface area contributed by atoms with Crippen LogP contribution in [0.25, 0.3) is 6.08 Å². The number of hydrogen-bond donors (Lipinski definition) is 1. The molecule has 4 nitrogen and oxygen atoms in total. The van der Waals surface area contributed by atoms with Crippen molar-refractivity contribution in [2.45, 2.75) is 13.3 Å². The molecule has 0 saturated heterocycles. The summed E-state index contributed by atoms with van der Waals surface area (Å²) in [4.78, 5) is 18.2. The van der Waals surface area contributed by atoms with E-state index in [1.54, 1.807) is 24.5 Å². The molecule has 13 heavy (non-hydrogen) atoms. The van der Waals surface area contributed by atoms with Gasteiger partial charge in [-0.3, -0.25) is 14.8 Å². The lowest BCUT2D eigenvalue weighted by molar-refractivity contribution is -0.135. The Kier molecular flexibility index (Phi) is 3.14. The largest absolute Gasteiger partial charge is 0.481 e. The molecule has 0 bridgehead atoms. The van der Waals surface area contributed by atoms with Crippen LogP contribution in [-0.4, -0.2) is 21.0 Å². The highest BCUT2D eigenvalue weighted by atomic mass is 16.4. The number of aliphatic carboxylic acids is 1. The van der Waals surface area contributed by atoms with E-state index in [1.807, 2.05) is 6.92 Å². The van der Waals surface area contributed by atoms with Crippen LogP contribution in [0, 0.1) is 6.92 Å². The molecule has 4 heteroatoms. The molecule has 0 radical (unpaired) electrons. The first-order chi connectivity index (χ1) is 6.18. The molecule has 1 rings (SSSR count). The molecular weight excluding hydrogens is 168 g/mol. The fraction of sp³-hybridized carbons (Fsp3) is 0.222. The summed E-state index contributed by atoms with van der Waals surface area (Å²) in [6.45, 7) is 1.83. The Morgan fingerprint density at radius 1 is 1.62 bits per heavy atom. The third-order valence-electron chi connectivity index (χ3n) is 1.35. The molecule has 1 heterocycles. The van der Waals surface area contributed by atoms with Crippen molar-refractivity contribution in [2.24, 2.45) is 0 Å². The van der Waals surface area contributed by atoms with Crippen molar-refractivity contribution in [3.63, 3.8) is 0 Å². The average molecular weight is 178 g/mol. The molecule has 0 aromatic carbocycles. The smallest absolute Gasteiger partial charge is 0.307 e. The molecule has 1 N–H and O–H groups in total. The van der Waals surface area contributed by atoms with Crippen molar-refractivity contribution in [1.82, 2.24) is 9.97 Å². The van der Waals surface area contributed by atoms with Crippen LogP contribution in [0.1, 0.15) is 17.8 Å².